The highest BCUT2D eigenvalue weighted by molar-refractivity contribution is 7.08. The van der Waals surface area contributed by atoms with Crippen LogP contribution in [0.5, 0.6) is 0 Å². The van der Waals surface area contributed by atoms with E-state index >= 15 is 0 Å². The molecule has 3 heterocycles. The number of hydrogen-bond donors (Lipinski definition) is 1. The third-order valence-electron chi connectivity index (χ3n) is 3.30. The normalized spacial score (nSPS) is 18.7. The van der Waals surface area contributed by atoms with Crippen LogP contribution in [0, 0.1) is 0 Å². The second-order valence-electron chi connectivity index (χ2n) is 4.46. The fraction of sp³-hybridized carbons (Fsp3) is 0.308. The number of anilines is 1. The lowest BCUT2D eigenvalue weighted by atomic mass is 10.1. The Morgan fingerprint density at radius 3 is 3.11 bits per heavy atom. The Balaban J connectivity index is 1.92. The van der Waals surface area contributed by atoms with Crippen LogP contribution >= 0.6 is 11.3 Å². The van der Waals surface area contributed by atoms with E-state index in [0.29, 0.717) is 5.95 Å². The van der Waals surface area contributed by atoms with E-state index in [-0.39, 0.29) is 11.7 Å². The summed E-state index contributed by atoms with van der Waals surface area (Å²) in [6.45, 7) is 0.865. The first-order valence-corrected chi connectivity index (χ1v) is 7.05. The van der Waals surface area contributed by atoms with Crippen molar-refractivity contribution in [1.82, 2.24) is 9.97 Å². The molecule has 0 radical (unpaired) electrons. The van der Waals surface area contributed by atoms with Crippen LogP contribution in [0.15, 0.2) is 29.1 Å². The van der Waals surface area contributed by atoms with Crippen molar-refractivity contribution in [3.63, 3.8) is 0 Å². The van der Waals surface area contributed by atoms with E-state index in [9.17, 15) is 4.79 Å². The molecule has 2 aromatic heterocycles. The van der Waals surface area contributed by atoms with Gasteiger partial charge in [-0.3, -0.25) is 0 Å². The SMILES string of the molecule is O=C(O)c1ccnc(N2CCCC2c2ccsc2)n1. The summed E-state index contributed by atoms with van der Waals surface area (Å²) in [5, 5.41) is 13.2. The molecule has 1 unspecified atom stereocenters. The summed E-state index contributed by atoms with van der Waals surface area (Å²) in [6.07, 6.45) is 3.63. The van der Waals surface area contributed by atoms with Crippen molar-refractivity contribution in [1.29, 1.82) is 0 Å². The minimum absolute atomic E-state index is 0.0426. The Bertz CT molecular complexity index is 585. The number of carboxylic acids is 1. The number of thiophene rings is 1. The fourth-order valence-electron chi connectivity index (χ4n) is 2.42. The summed E-state index contributed by atoms with van der Waals surface area (Å²) < 4.78 is 0. The standard InChI is InChI=1S/C13H13N3O2S/c17-12(18)10-3-5-14-13(15-10)16-6-1-2-11(16)9-4-7-19-8-9/h3-5,7-8,11H,1-2,6H2,(H,17,18). The molecule has 98 valence electrons. The molecule has 5 nitrogen and oxygen atoms in total. The van der Waals surface area contributed by atoms with Gasteiger partial charge in [0, 0.05) is 12.7 Å². The molecule has 0 saturated carbocycles. The molecule has 1 aliphatic rings. The van der Waals surface area contributed by atoms with Gasteiger partial charge in [0.1, 0.15) is 0 Å². The van der Waals surface area contributed by atoms with Gasteiger partial charge in [-0.05, 0) is 41.3 Å². The second kappa shape index (κ2) is 4.97. The first-order valence-electron chi connectivity index (χ1n) is 6.11. The van der Waals surface area contributed by atoms with E-state index in [1.807, 2.05) is 0 Å². The van der Waals surface area contributed by atoms with E-state index in [0.717, 1.165) is 19.4 Å². The van der Waals surface area contributed by atoms with Gasteiger partial charge in [-0.1, -0.05) is 0 Å². The molecule has 1 N–H and O–H groups in total. The maximum absolute atomic E-state index is 11.0. The van der Waals surface area contributed by atoms with Crippen LogP contribution in [0.2, 0.25) is 0 Å². The number of rotatable bonds is 3. The van der Waals surface area contributed by atoms with Crippen LogP contribution in [0.1, 0.15) is 34.9 Å². The summed E-state index contributed by atoms with van der Waals surface area (Å²) in [4.78, 5) is 21.4. The highest BCUT2D eigenvalue weighted by Crippen LogP contribution is 2.35. The minimum atomic E-state index is -1.02. The monoisotopic (exact) mass is 275 g/mol. The fourth-order valence-corrected chi connectivity index (χ4v) is 3.13. The van der Waals surface area contributed by atoms with Gasteiger partial charge in [-0.25, -0.2) is 14.8 Å². The van der Waals surface area contributed by atoms with Crippen LogP contribution in [0.4, 0.5) is 5.95 Å². The molecular formula is C13H13N3O2S. The van der Waals surface area contributed by atoms with Crippen molar-refractivity contribution in [3.8, 4) is 0 Å². The van der Waals surface area contributed by atoms with Gasteiger partial charge >= 0.3 is 5.97 Å². The molecule has 2 aromatic rings. The third kappa shape index (κ3) is 2.31. The molecular weight excluding hydrogens is 262 g/mol. The zero-order valence-electron chi connectivity index (χ0n) is 10.2. The first kappa shape index (κ1) is 12.1. The first-order chi connectivity index (χ1) is 9.25. The quantitative estimate of drug-likeness (QED) is 0.932. The average Bonchev–Trinajstić information content (AvgIpc) is 3.09. The Morgan fingerprint density at radius 2 is 2.37 bits per heavy atom. The molecule has 0 aromatic carbocycles. The van der Waals surface area contributed by atoms with Crippen molar-refractivity contribution in [2.75, 3.05) is 11.4 Å². The molecule has 1 fully saturated rings. The maximum atomic E-state index is 11.0. The Morgan fingerprint density at radius 1 is 1.47 bits per heavy atom. The zero-order valence-corrected chi connectivity index (χ0v) is 11.0. The van der Waals surface area contributed by atoms with Gasteiger partial charge in [0.05, 0.1) is 6.04 Å². The topological polar surface area (TPSA) is 66.3 Å². The highest BCUT2D eigenvalue weighted by atomic mass is 32.1. The molecule has 1 aliphatic heterocycles. The largest absolute Gasteiger partial charge is 0.477 e. The lowest BCUT2D eigenvalue weighted by molar-refractivity contribution is 0.0690. The van der Waals surface area contributed by atoms with Crippen molar-refractivity contribution in [2.45, 2.75) is 18.9 Å². The number of carbonyl (C=O) groups is 1. The smallest absolute Gasteiger partial charge is 0.354 e. The third-order valence-corrected chi connectivity index (χ3v) is 4.00. The van der Waals surface area contributed by atoms with Crippen LogP contribution < -0.4 is 4.90 Å². The number of nitrogens with zero attached hydrogens (tertiary/aromatic N) is 3. The van der Waals surface area contributed by atoms with E-state index in [1.54, 1.807) is 11.3 Å². The maximum Gasteiger partial charge on any atom is 0.354 e. The molecule has 0 amide bonds. The predicted molar refractivity (Wildman–Crippen MR) is 72.6 cm³/mol. The Labute approximate surface area is 114 Å². The lowest BCUT2D eigenvalue weighted by Crippen LogP contribution is -2.25. The summed E-state index contributed by atoms with van der Waals surface area (Å²) >= 11 is 1.67. The Hall–Kier alpha value is -1.95. The predicted octanol–water partition coefficient (Wildman–Crippen LogP) is 2.58. The molecule has 3 rings (SSSR count). The second-order valence-corrected chi connectivity index (χ2v) is 5.24. The summed E-state index contributed by atoms with van der Waals surface area (Å²) in [6, 6.07) is 3.78. The van der Waals surface area contributed by atoms with Gasteiger partial charge in [0.15, 0.2) is 5.69 Å². The van der Waals surface area contributed by atoms with Crippen molar-refractivity contribution < 1.29 is 9.90 Å². The van der Waals surface area contributed by atoms with Crippen LogP contribution in [0.3, 0.4) is 0 Å². The van der Waals surface area contributed by atoms with E-state index in [4.69, 9.17) is 5.11 Å². The van der Waals surface area contributed by atoms with Crippen molar-refractivity contribution in [3.05, 3.63) is 40.3 Å². The number of aromatic carboxylic acids is 1. The molecule has 1 saturated heterocycles. The minimum Gasteiger partial charge on any atom is -0.477 e. The van der Waals surface area contributed by atoms with Gasteiger partial charge in [0.2, 0.25) is 5.95 Å². The van der Waals surface area contributed by atoms with Gasteiger partial charge in [-0.2, -0.15) is 11.3 Å². The summed E-state index contributed by atoms with van der Waals surface area (Å²) in [5.74, 6) is -0.511. The molecule has 1 atom stereocenters. The number of hydrogen-bond acceptors (Lipinski definition) is 5. The number of carboxylic acid groups (broad SMARTS) is 1. The van der Waals surface area contributed by atoms with Crippen molar-refractivity contribution >= 4 is 23.3 Å². The van der Waals surface area contributed by atoms with Crippen LogP contribution in [0.25, 0.3) is 0 Å². The molecule has 0 spiro atoms. The van der Waals surface area contributed by atoms with Crippen LogP contribution in [-0.2, 0) is 0 Å². The van der Waals surface area contributed by atoms with Gasteiger partial charge in [0.25, 0.3) is 0 Å². The highest BCUT2D eigenvalue weighted by Gasteiger charge is 2.28. The molecule has 0 aliphatic carbocycles. The molecule has 6 heteroatoms. The van der Waals surface area contributed by atoms with Gasteiger partial charge in [-0.15, -0.1) is 0 Å². The summed E-state index contributed by atoms with van der Waals surface area (Å²) in [7, 11) is 0. The Kier molecular flexibility index (Phi) is 3.16. The summed E-state index contributed by atoms with van der Waals surface area (Å²) in [5.41, 5.74) is 1.30. The average molecular weight is 275 g/mol. The van der Waals surface area contributed by atoms with E-state index in [1.165, 1.54) is 17.8 Å². The van der Waals surface area contributed by atoms with Crippen LogP contribution in [-0.4, -0.2) is 27.6 Å². The van der Waals surface area contributed by atoms with E-state index in [2.05, 4.69) is 31.7 Å². The zero-order chi connectivity index (χ0) is 13.2. The number of aromatic nitrogens is 2. The molecule has 19 heavy (non-hydrogen) atoms. The van der Waals surface area contributed by atoms with E-state index < -0.39 is 5.97 Å². The van der Waals surface area contributed by atoms with Gasteiger partial charge < -0.3 is 10.0 Å². The molecule has 0 bridgehead atoms. The van der Waals surface area contributed by atoms with Crippen molar-refractivity contribution in [2.24, 2.45) is 0 Å². The lowest BCUT2D eigenvalue weighted by Gasteiger charge is -2.24.